The first-order chi connectivity index (χ1) is 9.11. The van der Waals surface area contributed by atoms with Gasteiger partial charge in [-0.3, -0.25) is 4.79 Å². The number of anilines is 1. The number of benzene rings is 1. The van der Waals surface area contributed by atoms with E-state index in [9.17, 15) is 4.79 Å². The van der Waals surface area contributed by atoms with Crippen LogP contribution in [0, 0.1) is 0 Å². The quantitative estimate of drug-likeness (QED) is 0.910. The molecule has 1 heterocycles. The van der Waals surface area contributed by atoms with Crippen LogP contribution in [0.15, 0.2) is 30.7 Å². The zero-order valence-corrected chi connectivity index (χ0v) is 11.4. The van der Waals surface area contributed by atoms with Crippen molar-refractivity contribution in [3.8, 4) is 0 Å². The standard InChI is InChI=1S/C12H12Cl2N4O/c13-8-2-1-3-9(11(8)14)17-12(19)10-6-18(5-4-15)7-16-10/h1-3,6-7H,4-5,15H2,(H,17,19). The highest BCUT2D eigenvalue weighted by Crippen LogP contribution is 2.29. The van der Waals surface area contributed by atoms with Gasteiger partial charge >= 0.3 is 0 Å². The Labute approximate surface area is 120 Å². The fourth-order valence-electron chi connectivity index (χ4n) is 1.54. The molecule has 0 aliphatic rings. The molecule has 7 heteroatoms. The molecule has 0 aliphatic heterocycles. The van der Waals surface area contributed by atoms with E-state index in [-0.39, 0.29) is 5.91 Å². The summed E-state index contributed by atoms with van der Waals surface area (Å²) >= 11 is 11.9. The van der Waals surface area contributed by atoms with Crippen LogP contribution in [-0.2, 0) is 6.54 Å². The Balaban J connectivity index is 2.14. The molecule has 19 heavy (non-hydrogen) atoms. The Kier molecular flexibility index (Phi) is 4.42. The second-order valence-electron chi connectivity index (χ2n) is 3.84. The third-order valence-corrected chi connectivity index (χ3v) is 3.27. The first kappa shape index (κ1) is 13.9. The normalized spacial score (nSPS) is 10.5. The molecule has 1 amide bonds. The van der Waals surface area contributed by atoms with Crippen molar-refractivity contribution >= 4 is 34.8 Å². The van der Waals surface area contributed by atoms with E-state index in [1.165, 1.54) is 0 Å². The molecular formula is C12H12Cl2N4O. The molecule has 0 aliphatic carbocycles. The number of imidazole rings is 1. The number of nitrogens with two attached hydrogens (primary N) is 1. The van der Waals surface area contributed by atoms with Gasteiger partial charge in [0.15, 0.2) is 0 Å². The van der Waals surface area contributed by atoms with Gasteiger partial charge in [0.05, 0.1) is 22.1 Å². The lowest BCUT2D eigenvalue weighted by Crippen LogP contribution is -2.13. The van der Waals surface area contributed by atoms with Crippen LogP contribution in [-0.4, -0.2) is 22.0 Å². The minimum Gasteiger partial charge on any atom is -0.335 e. The van der Waals surface area contributed by atoms with Crippen LogP contribution in [0.25, 0.3) is 0 Å². The highest BCUT2D eigenvalue weighted by Gasteiger charge is 2.12. The van der Waals surface area contributed by atoms with Crippen molar-refractivity contribution < 1.29 is 4.79 Å². The molecule has 0 atom stereocenters. The van der Waals surface area contributed by atoms with Crippen LogP contribution in [0.2, 0.25) is 10.0 Å². The summed E-state index contributed by atoms with van der Waals surface area (Å²) in [5, 5.41) is 3.35. The maximum atomic E-state index is 12.0. The molecule has 0 bridgehead atoms. The van der Waals surface area contributed by atoms with Gasteiger partial charge in [-0.05, 0) is 12.1 Å². The van der Waals surface area contributed by atoms with Crippen molar-refractivity contribution in [2.75, 3.05) is 11.9 Å². The minimum absolute atomic E-state index is 0.296. The average Bonchev–Trinajstić information content (AvgIpc) is 2.84. The van der Waals surface area contributed by atoms with Gasteiger partial charge < -0.3 is 15.6 Å². The number of nitrogens with one attached hydrogen (secondary N) is 1. The summed E-state index contributed by atoms with van der Waals surface area (Å²) in [5.74, 6) is -0.347. The Hall–Kier alpha value is -1.56. The first-order valence-corrected chi connectivity index (χ1v) is 6.34. The summed E-state index contributed by atoms with van der Waals surface area (Å²) in [6.07, 6.45) is 3.18. The number of amides is 1. The van der Waals surface area contributed by atoms with E-state index < -0.39 is 0 Å². The highest BCUT2D eigenvalue weighted by molar-refractivity contribution is 6.44. The topological polar surface area (TPSA) is 72.9 Å². The fourth-order valence-corrected chi connectivity index (χ4v) is 1.88. The molecule has 0 fully saturated rings. The summed E-state index contributed by atoms with van der Waals surface area (Å²) in [6.45, 7) is 1.09. The molecule has 1 aromatic carbocycles. The lowest BCUT2D eigenvalue weighted by atomic mass is 10.3. The number of rotatable bonds is 4. The predicted octanol–water partition coefficient (Wildman–Crippen LogP) is 2.40. The Morgan fingerprint density at radius 2 is 2.21 bits per heavy atom. The van der Waals surface area contributed by atoms with Crippen LogP contribution in [0.5, 0.6) is 0 Å². The molecule has 2 aromatic rings. The van der Waals surface area contributed by atoms with Gasteiger partial charge in [0.2, 0.25) is 0 Å². The number of hydrogen-bond donors (Lipinski definition) is 2. The number of nitrogens with zero attached hydrogens (tertiary/aromatic N) is 2. The lowest BCUT2D eigenvalue weighted by molar-refractivity contribution is 0.102. The second kappa shape index (κ2) is 6.06. The Bertz CT molecular complexity index is 597. The molecule has 0 radical (unpaired) electrons. The second-order valence-corrected chi connectivity index (χ2v) is 4.63. The number of hydrogen-bond acceptors (Lipinski definition) is 3. The third kappa shape index (κ3) is 3.26. The zero-order valence-electron chi connectivity index (χ0n) is 9.94. The van der Waals surface area contributed by atoms with Gasteiger partial charge in [-0.15, -0.1) is 0 Å². The van der Waals surface area contributed by atoms with Crippen LogP contribution in [0.3, 0.4) is 0 Å². The lowest BCUT2D eigenvalue weighted by Gasteiger charge is -2.06. The largest absolute Gasteiger partial charge is 0.335 e. The molecule has 3 N–H and O–H groups in total. The van der Waals surface area contributed by atoms with Crippen LogP contribution in [0.4, 0.5) is 5.69 Å². The highest BCUT2D eigenvalue weighted by atomic mass is 35.5. The van der Waals surface area contributed by atoms with E-state index in [2.05, 4.69) is 10.3 Å². The molecule has 0 saturated heterocycles. The van der Waals surface area contributed by atoms with Gasteiger partial charge in [-0.25, -0.2) is 4.98 Å². The smallest absolute Gasteiger partial charge is 0.275 e. The maximum absolute atomic E-state index is 12.0. The van der Waals surface area contributed by atoms with Crippen LogP contribution in [0.1, 0.15) is 10.5 Å². The average molecular weight is 299 g/mol. The first-order valence-electron chi connectivity index (χ1n) is 5.59. The zero-order chi connectivity index (χ0) is 13.8. The van der Waals surface area contributed by atoms with Gasteiger partial charge in [0.1, 0.15) is 5.69 Å². The van der Waals surface area contributed by atoms with Gasteiger partial charge in [0, 0.05) is 19.3 Å². The summed E-state index contributed by atoms with van der Waals surface area (Å²) in [6, 6.07) is 5.02. The predicted molar refractivity (Wildman–Crippen MR) is 75.7 cm³/mol. The maximum Gasteiger partial charge on any atom is 0.275 e. The van der Waals surface area contributed by atoms with Crippen molar-refractivity contribution in [1.29, 1.82) is 0 Å². The number of halogens is 2. The molecule has 0 spiro atoms. The molecule has 1 aromatic heterocycles. The van der Waals surface area contributed by atoms with Crippen molar-refractivity contribution in [2.45, 2.75) is 6.54 Å². The molecular weight excluding hydrogens is 287 g/mol. The third-order valence-electron chi connectivity index (χ3n) is 2.45. The number of carbonyl (C=O) groups excluding carboxylic acids is 1. The monoisotopic (exact) mass is 298 g/mol. The van der Waals surface area contributed by atoms with Crippen LogP contribution < -0.4 is 11.1 Å². The summed E-state index contributed by atoms with van der Waals surface area (Å²) < 4.78 is 1.74. The SMILES string of the molecule is NCCn1cnc(C(=O)Nc2cccc(Cl)c2Cl)c1. The van der Waals surface area contributed by atoms with Crippen LogP contribution >= 0.6 is 23.2 Å². The molecule has 100 valence electrons. The Morgan fingerprint density at radius 3 is 2.95 bits per heavy atom. The Morgan fingerprint density at radius 1 is 1.42 bits per heavy atom. The minimum atomic E-state index is -0.347. The van der Waals surface area contributed by atoms with Gasteiger partial charge in [0.25, 0.3) is 5.91 Å². The van der Waals surface area contributed by atoms with E-state index >= 15 is 0 Å². The molecule has 2 rings (SSSR count). The van der Waals surface area contributed by atoms with E-state index in [0.717, 1.165) is 0 Å². The van der Waals surface area contributed by atoms with Crippen molar-refractivity contribution in [1.82, 2.24) is 9.55 Å². The number of carbonyl (C=O) groups is 1. The van der Waals surface area contributed by atoms with E-state index in [1.807, 2.05) is 0 Å². The van der Waals surface area contributed by atoms with Crippen molar-refractivity contribution in [3.05, 3.63) is 46.5 Å². The van der Waals surface area contributed by atoms with Crippen molar-refractivity contribution in [3.63, 3.8) is 0 Å². The van der Waals surface area contributed by atoms with E-state index in [1.54, 1.807) is 35.3 Å². The number of aromatic nitrogens is 2. The molecule has 0 saturated carbocycles. The molecule has 5 nitrogen and oxygen atoms in total. The summed E-state index contributed by atoms with van der Waals surface area (Å²) in [5.41, 5.74) is 6.17. The summed E-state index contributed by atoms with van der Waals surface area (Å²) in [4.78, 5) is 16.0. The van der Waals surface area contributed by atoms with Gasteiger partial charge in [-0.1, -0.05) is 29.3 Å². The summed E-state index contributed by atoms with van der Waals surface area (Å²) in [7, 11) is 0. The van der Waals surface area contributed by atoms with Gasteiger partial charge in [-0.2, -0.15) is 0 Å². The van der Waals surface area contributed by atoms with Crippen molar-refractivity contribution in [2.24, 2.45) is 5.73 Å². The molecule has 0 unspecified atom stereocenters. The van der Waals surface area contributed by atoms with E-state index in [0.29, 0.717) is 34.5 Å². The van der Waals surface area contributed by atoms with E-state index in [4.69, 9.17) is 28.9 Å². The fraction of sp³-hybridized carbons (Fsp3) is 0.167.